The van der Waals surface area contributed by atoms with Crippen molar-refractivity contribution in [2.24, 2.45) is 0 Å². The molecule has 22 heavy (non-hydrogen) atoms. The highest BCUT2D eigenvalue weighted by molar-refractivity contribution is 5.78. The van der Waals surface area contributed by atoms with Gasteiger partial charge in [0.05, 0.1) is 18.8 Å². The topological polar surface area (TPSA) is 21.7 Å². The van der Waals surface area contributed by atoms with Gasteiger partial charge in [0, 0.05) is 18.3 Å². The SMILES string of the molecule is CCC=C1c2c(cc(OCC)c(OCC)c2F)C2(CC2)N1C. The fraction of sp³-hybridized carbons (Fsp3) is 0.556. The Labute approximate surface area is 131 Å². The van der Waals surface area contributed by atoms with Crippen LogP contribution >= 0.6 is 0 Å². The van der Waals surface area contributed by atoms with E-state index in [0.29, 0.717) is 24.5 Å². The van der Waals surface area contributed by atoms with Crippen molar-refractivity contribution >= 4 is 5.70 Å². The Balaban J connectivity index is 2.22. The molecule has 1 heterocycles. The second-order valence-corrected chi connectivity index (χ2v) is 5.89. The van der Waals surface area contributed by atoms with Crippen LogP contribution in [0.4, 0.5) is 4.39 Å². The molecule has 1 spiro atoms. The third-order valence-corrected chi connectivity index (χ3v) is 4.66. The lowest BCUT2D eigenvalue weighted by Gasteiger charge is -2.23. The summed E-state index contributed by atoms with van der Waals surface area (Å²) in [6, 6.07) is 1.99. The molecule has 0 N–H and O–H groups in total. The number of ether oxygens (including phenoxy) is 2. The molecule has 0 atom stereocenters. The highest BCUT2D eigenvalue weighted by atomic mass is 19.1. The molecule has 3 rings (SSSR count). The average Bonchev–Trinajstić information content (AvgIpc) is 3.26. The van der Waals surface area contributed by atoms with Crippen molar-refractivity contribution in [3.8, 4) is 11.5 Å². The van der Waals surface area contributed by atoms with Gasteiger partial charge >= 0.3 is 0 Å². The largest absolute Gasteiger partial charge is 0.490 e. The van der Waals surface area contributed by atoms with Crippen LogP contribution in [0.1, 0.15) is 51.2 Å². The van der Waals surface area contributed by atoms with Gasteiger partial charge in [-0.15, -0.1) is 0 Å². The minimum atomic E-state index is -0.280. The third kappa shape index (κ3) is 2.00. The highest BCUT2D eigenvalue weighted by Crippen LogP contribution is 2.61. The number of rotatable bonds is 5. The van der Waals surface area contributed by atoms with Gasteiger partial charge in [-0.25, -0.2) is 4.39 Å². The Morgan fingerprint density at radius 2 is 1.91 bits per heavy atom. The zero-order valence-corrected chi connectivity index (χ0v) is 13.8. The van der Waals surface area contributed by atoms with Crippen LogP contribution in [0.5, 0.6) is 11.5 Å². The number of halogens is 1. The van der Waals surface area contributed by atoms with Gasteiger partial charge < -0.3 is 14.4 Å². The molecule has 0 saturated heterocycles. The van der Waals surface area contributed by atoms with Crippen LogP contribution in [0.2, 0.25) is 0 Å². The lowest BCUT2D eigenvalue weighted by atomic mass is 10.00. The molecule has 3 nitrogen and oxygen atoms in total. The number of benzene rings is 1. The summed E-state index contributed by atoms with van der Waals surface area (Å²) >= 11 is 0. The predicted octanol–water partition coefficient (Wildman–Crippen LogP) is 4.31. The molecule has 1 aliphatic heterocycles. The number of allylic oxidation sites excluding steroid dienone is 1. The Hall–Kier alpha value is -1.71. The number of fused-ring (bicyclic) bond motifs is 2. The first-order chi connectivity index (χ1) is 10.6. The van der Waals surface area contributed by atoms with E-state index in [0.717, 1.165) is 30.5 Å². The number of hydrogen-bond acceptors (Lipinski definition) is 3. The number of hydrogen-bond donors (Lipinski definition) is 0. The minimum absolute atomic E-state index is 0.0340. The van der Waals surface area contributed by atoms with Crippen molar-refractivity contribution in [2.45, 2.75) is 45.6 Å². The van der Waals surface area contributed by atoms with Gasteiger partial charge in [-0.05, 0) is 44.7 Å². The molecule has 1 fully saturated rings. The van der Waals surface area contributed by atoms with Crippen LogP contribution in [0, 0.1) is 5.82 Å². The van der Waals surface area contributed by atoms with E-state index in [-0.39, 0.29) is 17.1 Å². The first kappa shape index (κ1) is 15.2. The predicted molar refractivity (Wildman–Crippen MR) is 85.7 cm³/mol. The standard InChI is InChI=1S/C18H24FNO2/c1-5-8-13-15-12(18(9-10-18)20(13)4)11-14(21-6-2)17(16(15)19)22-7-3/h8,11H,5-7,9-10H2,1-4H3. The van der Waals surface area contributed by atoms with Crippen LogP contribution < -0.4 is 9.47 Å². The molecule has 1 saturated carbocycles. The molecule has 0 aromatic heterocycles. The Morgan fingerprint density at radius 3 is 2.45 bits per heavy atom. The van der Waals surface area contributed by atoms with E-state index < -0.39 is 0 Å². The smallest absolute Gasteiger partial charge is 0.197 e. The van der Waals surface area contributed by atoms with Gasteiger partial charge in [0.1, 0.15) is 0 Å². The molecular formula is C18H24FNO2. The van der Waals surface area contributed by atoms with Gasteiger partial charge in [-0.3, -0.25) is 0 Å². The van der Waals surface area contributed by atoms with E-state index >= 15 is 4.39 Å². The summed E-state index contributed by atoms with van der Waals surface area (Å²) < 4.78 is 26.4. The zero-order valence-electron chi connectivity index (χ0n) is 13.8. The maximum Gasteiger partial charge on any atom is 0.197 e. The summed E-state index contributed by atoms with van der Waals surface area (Å²) in [7, 11) is 2.06. The highest BCUT2D eigenvalue weighted by Gasteiger charge is 2.56. The van der Waals surface area contributed by atoms with Crippen LogP contribution in [0.3, 0.4) is 0 Å². The second kappa shape index (κ2) is 5.49. The van der Waals surface area contributed by atoms with Crippen molar-refractivity contribution in [3.05, 3.63) is 29.1 Å². The van der Waals surface area contributed by atoms with Gasteiger partial charge in [-0.1, -0.05) is 13.0 Å². The second-order valence-electron chi connectivity index (χ2n) is 5.89. The van der Waals surface area contributed by atoms with Crippen molar-refractivity contribution in [3.63, 3.8) is 0 Å². The Morgan fingerprint density at radius 1 is 1.23 bits per heavy atom. The van der Waals surface area contributed by atoms with Crippen LogP contribution in [0.25, 0.3) is 5.70 Å². The molecule has 1 aromatic rings. The van der Waals surface area contributed by atoms with Crippen LogP contribution in [-0.4, -0.2) is 25.2 Å². The normalized spacial score (nSPS) is 19.7. The average molecular weight is 305 g/mol. The quantitative estimate of drug-likeness (QED) is 0.809. The van der Waals surface area contributed by atoms with Gasteiger partial charge in [0.2, 0.25) is 0 Å². The summed E-state index contributed by atoms with van der Waals surface area (Å²) in [6.07, 6.45) is 5.12. The van der Waals surface area contributed by atoms with Crippen molar-refractivity contribution in [1.82, 2.24) is 4.90 Å². The van der Waals surface area contributed by atoms with Gasteiger partial charge in [0.25, 0.3) is 0 Å². The van der Waals surface area contributed by atoms with Crippen molar-refractivity contribution < 1.29 is 13.9 Å². The van der Waals surface area contributed by atoms with Gasteiger partial charge in [0.15, 0.2) is 17.3 Å². The summed E-state index contributed by atoms with van der Waals surface area (Å²) in [6.45, 7) is 6.76. The maximum atomic E-state index is 15.2. The van der Waals surface area contributed by atoms with E-state index in [1.54, 1.807) is 0 Å². The number of nitrogens with zero attached hydrogens (tertiary/aromatic N) is 1. The fourth-order valence-electron chi connectivity index (χ4n) is 3.50. The molecule has 0 unspecified atom stereocenters. The zero-order chi connectivity index (χ0) is 15.9. The summed E-state index contributed by atoms with van der Waals surface area (Å²) in [4.78, 5) is 2.23. The lowest BCUT2D eigenvalue weighted by Crippen LogP contribution is -2.22. The molecule has 1 aliphatic carbocycles. The molecule has 0 radical (unpaired) electrons. The molecule has 0 bridgehead atoms. The molecule has 120 valence electrons. The molecule has 2 aliphatic rings. The van der Waals surface area contributed by atoms with E-state index in [2.05, 4.69) is 24.9 Å². The molecule has 0 amide bonds. The monoisotopic (exact) mass is 305 g/mol. The van der Waals surface area contributed by atoms with Crippen LogP contribution in [-0.2, 0) is 5.54 Å². The summed E-state index contributed by atoms with van der Waals surface area (Å²) in [5, 5.41) is 0. The first-order valence-electron chi connectivity index (χ1n) is 8.17. The fourth-order valence-corrected chi connectivity index (χ4v) is 3.50. The molecular weight excluding hydrogens is 281 g/mol. The van der Waals surface area contributed by atoms with Crippen molar-refractivity contribution in [2.75, 3.05) is 20.3 Å². The third-order valence-electron chi connectivity index (χ3n) is 4.66. The van der Waals surface area contributed by atoms with Crippen LogP contribution in [0.15, 0.2) is 12.1 Å². The van der Waals surface area contributed by atoms with E-state index in [1.165, 1.54) is 0 Å². The minimum Gasteiger partial charge on any atom is -0.490 e. The molecule has 4 heteroatoms. The maximum absolute atomic E-state index is 15.2. The lowest BCUT2D eigenvalue weighted by molar-refractivity contribution is 0.274. The van der Waals surface area contributed by atoms with Gasteiger partial charge in [-0.2, -0.15) is 0 Å². The van der Waals surface area contributed by atoms with E-state index in [1.807, 2.05) is 19.9 Å². The van der Waals surface area contributed by atoms with E-state index in [4.69, 9.17) is 9.47 Å². The Kier molecular flexibility index (Phi) is 3.79. The first-order valence-corrected chi connectivity index (χ1v) is 8.17. The summed E-state index contributed by atoms with van der Waals surface area (Å²) in [5.41, 5.74) is 2.71. The molecule has 1 aromatic carbocycles. The summed E-state index contributed by atoms with van der Waals surface area (Å²) in [5.74, 6) is 0.493. The Bertz CT molecular complexity index is 620. The van der Waals surface area contributed by atoms with Crippen molar-refractivity contribution in [1.29, 1.82) is 0 Å². The van der Waals surface area contributed by atoms with E-state index in [9.17, 15) is 0 Å².